The molecule has 1 aliphatic heterocycles. The van der Waals surface area contributed by atoms with E-state index in [2.05, 4.69) is 0 Å². The van der Waals surface area contributed by atoms with E-state index in [1.165, 1.54) is 6.07 Å². The van der Waals surface area contributed by atoms with Crippen molar-refractivity contribution in [3.05, 3.63) is 34.6 Å². The van der Waals surface area contributed by atoms with Crippen LogP contribution in [-0.4, -0.2) is 29.8 Å². The summed E-state index contributed by atoms with van der Waals surface area (Å²) >= 11 is 0. The van der Waals surface area contributed by atoms with Gasteiger partial charge in [0.25, 0.3) is 0 Å². The molecule has 1 aliphatic rings. The third-order valence-corrected chi connectivity index (χ3v) is 2.85. The van der Waals surface area contributed by atoms with E-state index in [1.807, 2.05) is 0 Å². The van der Waals surface area contributed by atoms with E-state index in [1.54, 1.807) is 6.92 Å². The first-order valence-electron chi connectivity index (χ1n) is 5.61. The third kappa shape index (κ3) is 2.35. The molecule has 108 valence electrons. The average molecular weight is 290 g/mol. The summed E-state index contributed by atoms with van der Waals surface area (Å²) in [5.41, 5.74) is -0.308. The molecule has 0 saturated heterocycles. The number of ether oxygens (including phenoxy) is 1. The Bertz CT molecular complexity index is 596. The lowest BCUT2D eigenvalue weighted by atomic mass is 9.96. The molecular weight excluding hydrogens is 280 g/mol. The number of carbonyl (C=O) groups is 1. The van der Waals surface area contributed by atoms with E-state index < -0.39 is 41.8 Å². The van der Waals surface area contributed by atoms with Crippen LogP contribution in [0.25, 0.3) is 6.08 Å². The van der Waals surface area contributed by atoms with Crippen molar-refractivity contribution >= 4 is 12.0 Å². The predicted molar refractivity (Wildman–Crippen MR) is 62.1 cm³/mol. The van der Waals surface area contributed by atoms with Gasteiger partial charge in [0.2, 0.25) is 0 Å². The standard InChI is InChI=1S/C13H10F4O3/c1-6-2-7-4-8(12(18)19)11(13(16,17)5-14)20-10(7)9(15)3-6/h2-4,11H,5H2,1H3,(H,18,19). The second-order valence-electron chi connectivity index (χ2n) is 4.46. The van der Waals surface area contributed by atoms with Gasteiger partial charge in [-0.25, -0.2) is 13.6 Å². The lowest BCUT2D eigenvalue weighted by Gasteiger charge is -2.30. The highest BCUT2D eigenvalue weighted by atomic mass is 19.3. The van der Waals surface area contributed by atoms with E-state index in [9.17, 15) is 22.4 Å². The van der Waals surface area contributed by atoms with Crippen LogP contribution >= 0.6 is 0 Å². The van der Waals surface area contributed by atoms with Crippen LogP contribution in [0.2, 0.25) is 0 Å². The molecule has 0 spiro atoms. The number of carboxylic acids is 1. The highest BCUT2D eigenvalue weighted by Gasteiger charge is 2.48. The van der Waals surface area contributed by atoms with Gasteiger partial charge < -0.3 is 9.84 Å². The zero-order valence-corrected chi connectivity index (χ0v) is 10.3. The van der Waals surface area contributed by atoms with Crippen LogP contribution in [0, 0.1) is 12.7 Å². The molecule has 0 amide bonds. The molecule has 0 saturated carbocycles. The Morgan fingerprint density at radius 2 is 2.10 bits per heavy atom. The zero-order chi connectivity index (χ0) is 15.1. The molecule has 1 heterocycles. The van der Waals surface area contributed by atoms with Crippen molar-refractivity contribution < 1.29 is 32.2 Å². The number of hydrogen-bond donors (Lipinski definition) is 1. The van der Waals surface area contributed by atoms with Crippen molar-refractivity contribution in [2.45, 2.75) is 19.0 Å². The number of carboxylic acid groups (broad SMARTS) is 1. The molecular formula is C13H10F4O3. The first kappa shape index (κ1) is 14.4. The van der Waals surface area contributed by atoms with Crippen molar-refractivity contribution in [3.63, 3.8) is 0 Å². The fourth-order valence-electron chi connectivity index (χ4n) is 1.97. The SMILES string of the molecule is Cc1cc(F)c2c(c1)C=C(C(=O)O)C(C(F)(F)CF)O2. The van der Waals surface area contributed by atoms with E-state index in [0.29, 0.717) is 5.56 Å². The average Bonchev–Trinajstić information content (AvgIpc) is 2.37. The summed E-state index contributed by atoms with van der Waals surface area (Å²) in [6.07, 6.45) is -1.49. The summed E-state index contributed by atoms with van der Waals surface area (Å²) in [5.74, 6) is -7.13. The van der Waals surface area contributed by atoms with E-state index in [0.717, 1.165) is 12.1 Å². The monoisotopic (exact) mass is 290 g/mol. The molecule has 1 unspecified atom stereocenters. The van der Waals surface area contributed by atoms with Crippen LogP contribution in [0.3, 0.4) is 0 Å². The van der Waals surface area contributed by atoms with Gasteiger partial charge in [0.15, 0.2) is 24.3 Å². The molecule has 0 bridgehead atoms. The Kier molecular flexibility index (Phi) is 3.45. The van der Waals surface area contributed by atoms with E-state index in [-0.39, 0.29) is 5.56 Å². The molecule has 0 aliphatic carbocycles. The van der Waals surface area contributed by atoms with Gasteiger partial charge in [0.1, 0.15) is 0 Å². The van der Waals surface area contributed by atoms with E-state index in [4.69, 9.17) is 9.84 Å². The van der Waals surface area contributed by atoms with Crippen molar-refractivity contribution in [2.75, 3.05) is 6.67 Å². The number of hydrogen-bond acceptors (Lipinski definition) is 2. The Balaban J connectivity index is 2.59. The number of halogens is 4. The summed E-state index contributed by atoms with van der Waals surface area (Å²) in [6.45, 7) is -0.551. The third-order valence-electron chi connectivity index (χ3n) is 2.85. The Morgan fingerprint density at radius 3 is 2.65 bits per heavy atom. The Hall–Kier alpha value is -2.05. The second-order valence-corrected chi connectivity index (χ2v) is 4.46. The normalized spacial score (nSPS) is 18.1. The smallest absolute Gasteiger partial charge is 0.335 e. The molecule has 3 nitrogen and oxygen atoms in total. The van der Waals surface area contributed by atoms with Gasteiger partial charge in [-0.15, -0.1) is 0 Å². The van der Waals surface area contributed by atoms with Gasteiger partial charge in [0, 0.05) is 5.56 Å². The van der Waals surface area contributed by atoms with Crippen LogP contribution < -0.4 is 4.74 Å². The maximum Gasteiger partial charge on any atom is 0.335 e. The molecule has 1 N–H and O–H groups in total. The first-order valence-corrected chi connectivity index (χ1v) is 5.61. The fraction of sp³-hybridized carbons (Fsp3) is 0.308. The number of alkyl halides is 3. The van der Waals surface area contributed by atoms with Gasteiger partial charge in [0.05, 0.1) is 5.57 Å². The molecule has 2 rings (SSSR count). The van der Waals surface area contributed by atoms with Crippen molar-refractivity contribution in [1.82, 2.24) is 0 Å². The molecule has 0 radical (unpaired) electrons. The highest BCUT2D eigenvalue weighted by Crippen LogP contribution is 2.38. The number of benzene rings is 1. The van der Waals surface area contributed by atoms with Crippen LogP contribution in [0.1, 0.15) is 11.1 Å². The lowest BCUT2D eigenvalue weighted by Crippen LogP contribution is -2.45. The van der Waals surface area contributed by atoms with Crippen molar-refractivity contribution in [2.24, 2.45) is 0 Å². The summed E-state index contributed by atoms with van der Waals surface area (Å²) in [5, 5.41) is 8.93. The summed E-state index contributed by atoms with van der Waals surface area (Å²) < 4.78 is 57.7. The second kappa shape index (κ2) is 4.81. The van der Waals surface area contributed by atoms with Crippen LogP contribution in [0.4, 0.5) is 17.6 Å². The largest absolute Gasteiger partial charge is 0.478 e. The Labute approximate surface area is 111 Å². The quantitative estimate of drug-likeness (QED) is 0.871. The minimum Gasteiger partial charge on any atom is -0.478 e. The zero-order valence-electron chi connectivity index (χ0n) is 10.3. The molecule has 7 heteroatoms. The molecule has 20 heavy (non-hydrogen) atoms. The van der Waals surface area contributed by atoms with Crippen LogP contribution in [-0.2, 0) is 4.79 Å². The summed E-state index contributed by atoms with van der Waals surface area (Å²) in [7, 11) is 0. The summed E-state index contributed by atoms with van der Waals surface area (Å²) in [4.78, 5) is 11.0. The minimum atomic E-state index is -4.06. The summed E-state index contributed by atoms with van der Waals surface area (Å²) in [6, 6.07) is 2.45. The van der Waals surface area contributed by atoms with Gasteiger partial charge in [-0.3, -0.25) is 0 Å². The van der Waals surface area contributed by atoms with Gasteiger partial charge in [-0.05, 0) is 30.7 Å². The molecule has 1 atom stereocenters. The lowest BCUT2D eigenvalue weighted by molar-refractivity contribution is -0.139. The number of aryl methyl sites for hydroxylation is 1. The minimum absolute atomic E-state index is 0.0332. The van der Waals surface area contributed by atoms with Crippen LogP contribution in [0.15, 0.2) is 17.7 Å². The van der Waals surface area contributed by atoms with Gasteiger partial charge in [-0.1, -0.05) is 0 Å². The van der Waals surface area contributed by atoms with Crippen LogP contribution in [0.5, 0.6) is 5.75 Å². The van der Waals surface area contributed by atoms with Gasteiger partial charge in [-0.2, -0.15) is 8.78 Å². The molecule has 0 fully saturated rings. The maximum atomic E-state index is 13.7. The number of aliphatic carboxylic acids is 1. The first-order chi connectivity index (χ1) is 9.26. The molecule has 1 aromatic rings. The molecule has 1 aromatic carbocycles. The number of fused-ring (bicyclic) bond motifs is 1. The topological polar surface area (TPSA) is 46.5 Å². The Morgan fingerprint density at radius 1 is 1.45 bits per heavy atom. The number of rotatable bonds is 3. The van der Waals surface area contributed by atoms with Gasteiger partial charge >= 0.3 is 11.9 Å². The van der Waals surface area contributed by atoms with Crippen molar-refractivity contribution in [1.29, 1.82) is 0 Å². The highest BCUT2D eigenvalue weighted by molar-refractivity contribution is 5.95. The van der Waals surface area contributed by atoms with Crippen molar-refractivity contribution in [3.8, 4) is 5.75 Å². The molecule has 0 aromatic heterocycles. The maximum absolute atomic E-state index is 13.7. The predicted octanol–water partition coefficient (Wildman–Crippen LogP) is 2.97. The van der Waals surface area contributed by atoms with E-state index >= 15 is 0 Å². The fourth-order valence-corrected chi connectivity index (χ4v) is 1.97.